The van der Waals surface area contributed by atoms with E-state index in [0.29, 0.717) is 0 Å². The van der Waals surface area contributed by atoms with Crippen molar-refractivity contribution in [3.8, 4) is 11.4 Å². The predicted molar refractivity (Wildman–Crippen MR) is 105 cm³/mol. The lowest BCUT2D eigenvalue weighted by atomic mass is 10.1. The number of nitrogens with one attached hydrogen (secondary N) is 1. The van der Waals surface area contributed by atoms with Crippen LogP contribution in [0.15, 0.2) is 67.3 Å². The summed E-state index contributed by atoms with van der Waals surface area (Å²) in [7, 11) is 1.63. The smallest absolute Gasteiger partial charge is 0.244 e. The minimum atomic E-state index is -0.0886. The van der Waals surface area contributed by atoms with Crippen LogP contribution in [0.2, 0.25) is 0 Å². The van der Waals surface area contributed by atoms with Crippen molar-refractivity contribution in [1.82, 2.24) is 14.9 Å². The van der Waals surface area contributed by atoms with Gasteiger partial charge in [0.2, 0.25) is 5.91 Å². The van der Waals surface area contributed by atoms with Gasteiger partial charge in [-0.2, -0.15) is 0 Å². The van der Waals surface area contributed by atoms with Crippen molar-refractivity contribution in [2.75, 3.05) is 7.11 Å². The lowest BCUT2D eigenvalue weighted by Gasteiger charge is -2.12. The molecular formula is C22H21N3O2. The molecule has 136 valence electrons. The van der Waals surface area contributed by atoms with Gasteiger partial charge in [0.15, 0.2) is 0 Å². The second kappa shape index (κ2) is 7.50. The van der Waals surface area contributed by atoms with Crippen LogP contribution in [0.1, 0.15) is 29.2 Å². The van der Waals surface area contributed by atoms with Crippen LogP contribution in [0.4, 0.5) is 0 Å². The zero-order chi connectivity index (χ0) is 18.6. The highest BCUT2D eigenvalue weighted by Crippen LogP contribution is 2.30. The van der Waals surface area contributed by atoms with E-state index in [1.165, 1.54) is 11.1 Å². The Morgan fingerprint density at radius 2 is 2.19 bits per heavy atom. The first-order valence-corrected chi connectivity index (χ1v) is 8.97. The Morgan fingerprint density at radius 3 is 3.00 bits per heavy atom. The summed E-state index contributed by atoms with van der Waals surface area (Å²) in [6.07, 6.45) is 10.6. The van der Waals surface area contributed by atoms with Gasteiger partial charge in [-0.1, -0.05) is 30.3 Å². The molecule has 3 aromatic rings. The van der Waals surface area contributed by atoms with Crippen molar-refractivity contribution in [2.45, 2.75) is 18.9 Å². The maximum Gasteiger partial charge on any atom is 0.244 e. The van der Waals surface area contributed by atoms with Gasteiger partial charge in [0.25, 0.3) is 0 Å². The van der Waals surface area contributed by atoms with E-state index < -0.39 is 0 Å². The van der Waals surface area contributed by atoms with Gasteiger partial charge in [-0.05, 0) is 47.7 Å². The summed E-state index contributed by atoms with van der Waals surface area (Å²) in [5.41, 5.74) is 4.36. The van der Waals surface area contributed by atoms with Gasteiger partial charge in [-0.3, -0.25) is 4.79 Å². The van der Waals surface area contributed by atoms with Crippen LogP contribution < -0.4 is 10.1 Å². The monoisotopic (exact) mass is 359 g/mol. The van der Waals surface area contributed by atoms with E-state index in [1.807, 2.05) is 41.1 Å². The molecule has 0 saturated carbocycles. The summed E-state index contributed by atoms with van der Waals surface area (Å²) in [6.45, 7) is 0. The first kappa shape index (κ1) is 17.1. The van der Waals surface area contributed by atoms with Gasteiger partial charge in [-0.25, -0.2) is 4.98 Å². The Morgan fingerprint density at radius 1 is 1.30 bits per heavy atom. The normalized spacial score (nSPS) is 15.7. The van der Waals surface area contributed by atoms with Gasteiger partial charge in [0.1, 0.15) is 5.75 Å². The number of hydrogen-bond acceptors (Lipinski definition) is 3. The molecule has 0 spiro atoms. The van der Waals surface area contributed by atoms with Gasteiger partial charge < -0.3 is 14.6 Å². The number of aromatic nitrogens is 2. The number of methoxy groups -OCH3 is 1. The highest BCUT2D eigenvalue weighted by Gasteiger charge is 2.22. The van der Waals surface area contributed by atoms with E-state index in [-0.39, 0.29) is 11.9 Å². The number of hydrogen-bond donors (Lipinski definition) is 1. The van der Waals surface area contributed by atoms with E-state index in [9.17, 15) is 4.79 Å². The van der Waals surface area contributed by atoms with Crippen LogP contribution in [-0.2, 0) is 11.2 Å². The van der Waals surface area contributed by atoms with E-state index >= 15 is 0 Å². The van der Waals surface area contributed by atoms with Crippen LogP contribution >= 0.6 is 0 Å². The molecule has 1 aliphatic carbocycles. The molecule has 1 aliphatic rings. The largest absolute Gasteiger partial charge is 0.495 e. The molecule has 1 N–H and O–H groups in total. The fourth-order valence-electron chi connectivity index (χ4n) is 3.51. The van der Waals surface area contributed by atoms with E-state index in [2.05, 4.69) is 22.4 Å². The molecule has 27 heavy (non-hydrogen) atoms. The molecule has 0 radical (unpaired) electrons. The van der Waals surface area contributed by atoms with Crippen LogP contribution in [0.25, 0.3) is 11.8 Å². The van der Waals surface area contributed by atoms with Crippen molar-refractivity contribution in [3.63, 3.8) is 0 Å². The van der Waals surface area contributed by atoms with Crippen molar-refractivity contribution in [1.29, 1.82) is 0 Å². The van der Waals surface area contributed by atoms with Crippen molar-refractivity contribution >= 4 is 12.0 Å². The first-order valence-electron chi connectivity index (χ1n) is 8.97. The number of rotatable bonds is 5. The Hall–Kier alpha value is -3.34. The molecule has 5 heteroatoms. The number of nitrogens with zero attached hydrogens (tertiary/aromatic N) is 2. The number of benzene rings is 2. The average Bonchev–Trinajstić information content (AvgIpc) is 3.37. The Balaban J connectivity index is 1.46. The third-order valence-corrected chi connectivity index (χ3v) is 4.86. The number of carbonyl (C=O) groups is 1. The third kappa shape index (κ3) is 3.62. The van der Waals surface area contributed by atoms with Crippen molar-refractivity contribution < 1.29 is 9.53 Å². The molecule has 1 heterocycles. The quantitative estimate of drug-likeness (QED) is 0.707. The summed E-state index contributed by atoms with van der Waals surface area (Å²) in [5.74, 6) is 0.634. The number of fused-ring (bicyclic) bond motifs is 1. The lowest BCUT2D eigenvalue weighted by molar-refractivity contribution is -0.117. The highest BCUT2D eigenvalue weighted by atomic mass is 16.5. The standard InChI is InChI=1S/C22H21N3O2/c1-27-21-14-16(6-10-20(21)25-13-12-23-15-25)7-11-22(26)24-19-9-8-17-4-2-3-5-18(17)19/h2-7,10-15,19H,8-9H2,1H3,(H,24,26). The first-order chi connectivity index (χ1) is 13.2. The number of amides is 1. The number of aryl methyl sites for hydroxylation is 1. The summed E-state index contributed by atoms with van der Waals surface area (Å²) < 4.78 is 7.37. The van der Waals surface area contributed by atoms with Crippen LogP contribution in [-0.4, -0.2) is 22.6 Å². The zero-order valence-electron chi connectivity index (χ0n) is 15.1. The molecule has 0 bridgehead atoms. The summed E-state index contributed by atoms with van der Waals surface area (Å²) >= 11 is 0. The molecule has 1 aromatic heterocycles. The molecule has 0 fully saturated rings. The molecule has 2 aromatic carbocycles. The predicted octanol–water partition coefficient (Wildman–Crippen LogP) is 3.70. The summed E-state index contributed by atoms with van der Waals surface area (Å²) in [6, 6.07) is 14.2. The van der Waals surface area contributed by atoms with Crippen molar-refractivity contribution in [2.24, 2.45) is 0 Å². The van der Waals surface area contributed by atoms with E-state index in [1.54, 1.807) is 31.8 Å². The molecule has 1 amide bonds. The molecular weight excluding hydrogens is 338 g/mol. The number of imidazole rings is 1. The maximum atomic E-state index is 12.3. The number of carbonyl (C=O) groups excluding carboxylic acids is 1. The number of ether oxygens (including phenoxy) is 1. The van der Waals surface area contributed by atoms with Crippen LogP contribution in [0.5, 0.6) is 5.75 Å². The van der Waals surface area contributed by atoms with Crippen molar-refractivity contribution in [3.05, 3.63) is 84.0 Å². The Labute approximate surface area is 158 Å². The SMILES string of the molecule is COc1cc(C=CC(=O)NC2CCc3ccccc32)ccc1-n1ccnc1. The van der Waals surface area contributed by atoms with E-state index in [4.69, 9.17) is 4.74 Å². The molecule has 0 aliphatic heterocycles. The second-order valence-corrected chi connectivity index (χ2v) is 6.53. The van der Waals surface area contributed by atoms with Gasteiger partial charge >= 0.3 is 0 Å². The minimum absolute atomic E-state index is 0.0886. The third-order valence-electron chi connectivity index (χ3n) is 4.86. The van der Waals surface area contributed by atoms with Crippen LogP contribution in [0.3, 0.4) is 0 Å². The maximum absolute atomic E-state index is 12.3. The molecule has 1 atom stereocenters. The molecule has 0 saturated heterocycles. The Bertz CT molecular complexity index is 977. The zero-order valence-corrected chi connectivity index (χ0v) is 15.1. The fraction of sp³-hybridized carbons (Fsp3) is 0.182. The summed E-state index contributed by atoms with van der Waals surface area (Å²) in [4.78, 5) is 16.4. The highest BCUT2D eigenvalue weighted by molar-refractivity contribution is 5.92. The van der Waals surface area contributed by atoms with Crippen LogP contribution in [0, 0.1) is 0 Å². The topological polar surface area (TPSA) is 56.1 Å². The minimum Gasteiger partial charge on any atom is -0.495 e. The molecule has 1 unspecified atom stereocenters. The molecule has 5 nitrogen and oxygen atoms in total. The van der Waals surface area contributed by atoms with Gasteiger partial charge in [0.05, 0.1) is 25.2 Å². The molecule has 4 rings (SSSR count). The summed E-state index contributed by atoms with van der Waals surface area (Å²) in [5, 5.41) is 3.10. The average molecular weight is 359 g/mol. The fourth-order valence-corrected chi connectivity index (χ4v) is 3.51. The van der Waals surface area contributed by atoms with Gasteiger partial charge in [-0.15, -0.1) is 0 Å². The second-order valence-electron chi connectivity index (χ2n) is 6.53. The Kier molecular flexibility index (Phi) is 4.75. The van der Waals surface area contributed by atoms with Gasteiger partial charge in [0, 0.05) is 18.5 Å². The lowest BCUT2D eigenvalue weighted by Crippen LogP contribution is -2.25. The van der Waals surface area contributed by atoms with E-state index in [0.717, 1.165) is 29.8 Å².